The van der Waals surface area contributed by atoms with E-state index in [9.17, 15) is 0 Å². The SMILES string of the molecule is C.CC.CC.CCC.CCc1ccccn1.[CH3-].[CH3-].[W+2].c1ccccc1. The molecule has 0 bridgehead atoms. The van der Waals surface area contributed by atoms with Crippen LogP contribution in [0.25, 0.3) is 0 Å². The Morgan fingerprint density at radius 1 is 0.680 bits per heavy atom. The maximum atomic E-state index is 4.10. The summed E-state index contributed by atoms with van der Waals surface area (Å²) in [6.07, 6.45) is 4.10. The standard InChI is InChI=1S/C7H9N.C6H6.C3H8.2C2H6.CH4.2CH3.W/c1-2-7-5-3-4-6-8-7;1-2-4-6-5-3-1;1-3-2;2*1-2;;;;/h3-6H,2H2,1H3;1-6H;3H2,1-2H3;2*1-2H3;1H4;2*1H3;/q;;;;;;2*-1;+2. The Kier molecular flexibility index (Phi) is 87.0. The molecule has 0 fully saturated rings. The van der Waals surface area contributed by atoms with Crippen molar-refractivity contribution in [2.45, 2.75) is 68.7 Å². The van der Waals surface area contributed by atoms with Crippen molar-refractivity contribution in [3.05, 3.63) is 81.3 Å². The van der Waals surface area contributed by atoms with Crippen LogP contribution in [0, 0.1) is 14.9 Å². The Morgan fingerprint density at radius 3 is 1.16 bits per heavy atom. The van der Waals surface area contributed by atoms with Gasteiger partial charge in [-0.25, -0.2) is 0 Å². The van der Waals surface area contributed by atoms with Crippen molar-refractivity contribution < 1.29 is 21.1 Å². The Labute approximate surface area is 176 Å². The molecule has 2 aromatic rings. The van der Waals surface area contributed by atoms with Crippen LogP contribution in [0.1, 0.15) is 68.0 Å². The zero-order chi connectivity index (χ0) is 16.8. The number of rotatable bonds is 1. The first-order valence-corrected chi connectivity index (χ1v) is 8.25. The maximum Gasteiger partial charge on any atom is 2.00 e. The van der Waals surface area contributed by atoms with Crippen molar-refractivity contribution in [3.8, 4) is 0 Å². The van der Waals surface area contributed by atoms with Gasteiger partial charge >= 0.3 is 21.1 Å². The summed E-state index contributed by atoms with van der Waals surface area (Å²) in [5.41, 5.74) is 1.16. The van der Waals surface area contributed by atoms with E-state index in [1.165, 1.54) is 6.42 Å². The molecular weight excluding hydrogens is 474 g/mol. The molecule has 1 heterocycles. The quantitative estimate of drug-likeness (QED) is 0.345. The van der Waals surface area contributed by atoms with Crippen LogP contribution < -0.4 is 0 Å². The van der Waals surface area contributed by atoms with Crippen molar-refractivity contribution in [1.29, 1.82) is 0 Å². The molecule has 0 amide bonds. The summed E-state index contributed by atoms with van der Waals surface area (Å²) in [7, 11) is 0. The van der Waals surface area contributed by atoms with Crippen LogP contribution in [0.5, 0.6) is 0 Å². The first kappa shape index (κ1) is 44.0. The molecule has 25 heavy (non-hydrogen) atoms. The number of benzene rings is 1. The van der Waals surface area contributed by atoms with Gasteiger partial charge in [0.05, 0.1) is 0 Å². The van der Waals surface area contributed by atoms with E-state index in [1.54, 1.807) is 0 Å². The molecule has 0 saturated heterocycles. The number of hydrogen-bond donors (Lipinski definition) is 0. The number of nitrogens with zero attached hydrogens (tertiary/aromatic N) is 1. The molecule has 0 aliphatic rings. The molecule has 0 N–H and O–H groups in total. The second-order valence-electron chi connectivity index (χ2n) is 3.54. The summed E-state index contributed by atoms with van der Waals surface area (Å²) in [6, 6.07) is 18.0. The predicted molar refractivity (Wildman–Crippen MR) is 118 cm³/mol. The zero-order valence-corrected chi connectivity index (χ0v) is 20.5. The van der Waals surface area contributed by atoms with Gasteiger partial charge in [-0.2, -0.15) is 0 Å². The fourth-order valence-corrected chi connectivity index (χ4v) is 0.992. The van der Waals surface area contributed by atoms with Crippen molar-refractivity contribution in [2.24, 2.45) is 0 Å². The van der Waals surface area contributed by atoms with Crippen LogP contribution in [0.15, 0.2) is 60.8 Å². The van der Waals surface area contributed by atoms with Crippen molar-refractivity contribution in [3.63, 3.8) is 0 Å². The van der Waals surface area contributed by atoms with Crippen molar-refractivity contribution in [1.82, 2.24) is 4.98 Å². The number of aryl methyl sites for hydroxylation is 1. The fourth-order valence-electron chi connectivity index (χ4n) is 0.992. The second-order valence-corrected chi connectivity index (χ2v) is 3.54. The molecule has 0 aliphatic heterocycles. The first-order valence-electron chi connectivity index (χ1n) is 8.25. The monoisotopic (exact) mass is 519 g/mol. The van der Waals surface area contributed by atoms with E-state index in [-0.39, 0.29) is 43.3 Å². The minimum absolute atomic E-state index is 0. The molecule has 0 radical (unpaired) electrons. The third-order valence-corrected chi connectivity index (χ3v) is 1.76. The third-order valence-electron chi connectivity index (χ3n) is 1.76. The van der Waals surface area contributed by atoms with Gasteiger partial charge in [-0.1, -0.05) is 105 Å². The topological polar surface area (TPSA) is 12.9 Å². The molecule has 0 aliphatic carbocycles. The van der Waals surface area contributed by atoms with E-state index in [0.29, 0.717) is 0 Å². The number of aromatic nitrogens is 1. The summed E-state index contributed by atoms with van der Waals surface area (Å²) < 4.78 is 0. The molecular formula is C23H45NW. The maximum absolute atomic E-state index is 4.10. The molecule has 1 nitrogen and oxygen atoms in total. The average Bonchev–Trinajstić information content (AvgIpc) is 2.62. The molecule has 0 spiro atoms. The zero-order valence-electron chi connectivity index (χ0n) is 17.5. The minimum Gasteiger partial charge on any atom is -0.358 e. The molecule has 0 saturated carbocycles. The molecule has 1 aromatic carbocycles. The summed E-state index contributed by atoms with van der Waals surface area (Å²) in [6.45, 7) is 14.3. The first-order chi connectivity index (χ1) is 10.3. The van der Waals surface area contributed by atoms with E-state index >= 15 is 0 Å². The summed E-state index contributed by atoms with van der Waals surface area (Å²) in [4.78, 5) is 4.10. The van der Waals surface area contributed by atoms with Gasteiger partial charge < -0.3 is 14.9 Å². The normalized spacial score (nSPS) is 6.04. The third kappa shape index (κ3) is 45.1. The van der Waals surface area contributed by atoms with E-state index < -0.39 is 0 Å². The van der Waals surface area contributed by atoms with Gasteiger partial charge in [0.2, 0.25) is 0 Å². The van der Waals surface area contributed by atoms with Crippen LogP contribution in [0.3, 0.4) is 0 Å². The Hall–Kier alpha value is -0.942. The molecule has 2 heteroatoms. The van der Waals surface area contributed by atoms with E-state index in [4.69, 9.17) is 0 Å². The van der Waals surface area contributed by atoms with Crippen molar-refractivity contribution >= 4 is 0 Å². The van der Waals surface area contributed by atoms with Crippen LogP contribution in [0.4, 0.5) is 0 Å². The molecule has 0 unspecified atom stereocenters. The van der Waals surface area contributed by atoms with Crippen LogP contribution in [-0.4, -0.2) is 4.98 Å². The largest absolute Gasteiger partial charge is 2.00 e. The Bertz CT molecular complexity index is 309. The number of pyridine rings is 1. The Morgan fingerprint density at radius 2 is 1.00 bits per heavy atom. The van der Waals surface area contributed by atoms with Gasteiger partial charge in [0.25, 0.3) is 0 Å². The second kappa shape index (κ2) is 49.5. The van der Waals surface area contributed by atoms with Gasteiger partial charge in [0.1, 0.15) is 0 Å². The molecule has 148 valence electrons. The van der Waals surface area contributed by atoms with Gasteiger partial charge in [0.15, 0.2) is 0 Å². The van der Waals surface area contributed by atoms with Crippen LogP contribution in [0.2, 0.25) is 0 Å². The number of hydrogen-bond acceptors (Lipinski definition) is 1. The minimum atomic E-state index is 0. The summed E-state index contributed by atoms with van der Waals surface area (Å²) in [5.74, 6) is 0. The van der Waals surface area contributed by atoms with E-state index in [0.717, 1.165) is 12.1 Å². The summed E-state index contributed by atoms with van der Waals surface area (Å²) >= 11 is 0. The average molecular weight is 519 g/mol. The van der Waals surface area contributed by atoms with Gasteiger partial charge in [-0.3, -0.25) is 4.98 Å². The molecule has 2 rings (SSSR count). The predicted octanol–water partition coefficient (Wildman–Crippen LogP) is 8.33. The fraction of sp³-hybridized carbons (Fsp3) is 0.435. The summed E-state index contributed by atoms with van der Waals surface area (Å²) in [5, 5.41) is 0. The Balaban J connectivity index is -0.0000000347. The van der Waals surface area contributed by atoms with E-state index in [1.807, 2.05) is 88.5 Å². The smallest absolute Gasteiger partial charge is 0.358 e. The molecule has 1 aromatic heterocycles. The van der Waals surface area contributed by atoms with Crippen molar-refractivity contribution in [2.75, 3.05) is 0 Å². The van der Waals surface area contributed by atoms with Gasteiger partial charge in [0, 0.05) is 11.9 Å². The van der Waals surface area contributed by atoms with Gasteiger partial charge in [-0.15, -0.1) is 0 Å². The van der Waals surface area contributed by atoms with E-state index in [2.05, 4.69) is 25.8 Å². The van der Waals surface area contributed by atoms with Crippen LogP contribution >= 0.6 is 0 Å². The van der Waals surface area contributed by atoms with Crippen LogP contribution in [-0.2, 0) is 27.5 Å². The van der Waals surface area contributed by atoms with Gasteiger partial charge in [-0.05, 0) is 18.6 Å². The molecule has 0 atom stereocenters.